The van der Waals surface area contributed by atoms with Gasteiger partial charge >= 0.3 is 6.03 Å². The van der Waals surface area contributed by atoms with Gasteiger partial charge in [0.15, 0.2) is 0 Å². The van der Waals surface area contributed by atoms with Crippen molar-refractivity contribution in [1.82, 2.24) is 20.2 Å². The molecule has 6 nitrogen and oxygen atoms in total. The zero-order chi connectivity index (χ0) is 17.6. The van der Waals surface area contributed by atoms with E-state index in [0.717, 1.165) is 6.42 Å². The van der Waals surface area contributed by atoms with E-state index in [4.69, 9.17) is 0 Å². The van der Waals surface area contributed by atoms with Crippen molar-refractivity contribution < 1.29 is 4.79 Å². The summed E-state index contributed by atoms with van der Waals surface area (Å²) in [6.07, 6.45) is 0.769. The monoisotopic (exact) mass is 336 g/mol. The molecule has 0 fully saturated rings. The SMILES string of the molecule is CN(Cc1nc2ccccc2c(=O)[nH]1)C(=O)NCCc1ccccc1. The molecule has 0 radical (unpaired) electrons. The molecule has 0 unspecified atom stereocenters. The van der Waals surface area contributed by atoms with E-state index >= 15 is 0 Å². The number of carbonyl (C=O) groups excluding carboxylic acids is 1. The van der Waals surface area contributed by atoms with Gasteiger partial charge in [0.2, 0.25) is 0 Å². The molecule has 3 rings (SSSR count). The highest BCUT2D eigenvalue weighted by atomic mass is 16.2. The fourth-order valence-corrected chi connectivity index (χ4v) is 2.60. The van der Waals surface area contributed by atoms with Crippen LogP contribution in [0.5, 0.6) is 0 Å². The van der Waals surface area contributed by atoms with Crippen molar-refractivity contribution in [3.8, 4) is 0 Å². The van der Waals surface area contributed by atoms with Crippen LogP contribution in [0.2, 0.25) is 0 Å². The van der Waals surface area contributed by atoms with Gasteiger partial charge in [0.1, 0.15) is 5.82 Å². The predicted molar refractivity (Wildman–Crippen MR) is 97.4 cm³/mol. The van der Waals surface area contributed by atoms with E-state index in [2.05, 4.69) is 15.3 Å². The van der Waals surface area contributed by atoms with E-state index in [-0.39, 0.29) is 18.1 Å². The van der Waals surface area contributed by atoms with E-state index in [1.54, 1.807) is 25.2 Å². The molecular weight excluding hydrogens is 316 g/mol. The summed E-state index contributed by atoms with van der Waals surface area (Å²) in [5, 5.41) is 3.41. The van der Waals surface area contributed by atoms with Crippen molar-refractivity contribution in [1.29, 1.82) is 0 Å². The average molecular weight is 336 g/mol. The minimum absolute atomic E-state index is 0.196. The number of amides is 2. The van der Waals surface area contributed by atoms with Gasteiger partial charge in [-0.3, -0.25) is 4.79 Å². The molecule has 25 heavy (non-hydrogen) atoms. The Hall–Kier alpha value is -3.15. The highest BCUT2D eigenvalue weighted by molar-refractivity contribution is 5.77. The Morgan fingerprint density at radius 1 is 1.12 bits per heavy atom. The largest absolute Gasteiger partial charge is 0.338 e. The number of H-pyrrole nitrogens is 1. The third-order valence-electron chi connectivity index (χ3n) is 3.93. The summed E-state index contributed by atoms with van der Waals surface area (Å²) < 4.78 is 0. The van der Waals surface area contributed by atoms with Gasteiger partial charge in [0.05, 0.1) is 17.4 Å². The molecule has 0 bridgehead atoms. The van der Waals surface area contributed by atoms with E-state index in [9.17, 15) is 9.59 Å². The Labute approximate surface area is 145 Å². The molecule has 2 amide bonds. The summed E-state index contributed by atoms with van der Waals surface area (Å²) >= 11 is 0. The Morgan fingerprint density at radius 3 is 2.64 bits per heavy atom. The minimum atomic E-state index is -0.202. The predicted octanol–water partition coefficient (Wildman–Crippen LogP) is 2.31. The lowest BCUT2D eigenvalue weighted by Gasteiger charge is -2.17. The van der Waals surface area contributed by atoms with Gasteiger partial charge in [0.25, 0.3) is 5.56 Å². The van der Waals surface area contributed by atoms with E-state index < -0.39 is 0 Å². The standard InChI is InChI=1S/C19H20N4O2/c1-23(19(25)20-12-11-14-7-3-2-4-8-14)13-17-21-16-10-6-5-9-15(16)18(24)22-17/h2-10H,11-13H2,1H3,(H,20,25)(H,21,22,24). The van der Waals surface area contributed by atoms with Gasteiger partial charge in [-0.1, -0.05) is 42.5 Å². The van der Waals surface area contributed by atoms with E-state index in [0.29, 0.717) is 23.3 Å². The second kappa shape index (κ2) is 7.61. The highest BCUT2D eigenvalue weighted by Crippen LogP contribution is 2.06. The number of hydrogen-bond donors (Lipinski definition) is 2. The quantitative estimate of drug-likeness (QED) is 0.750. The summed E-state index contributed by atoms with van der Waals surface area (Å²) in [6, 6.07) is 16.9. The molecule has 1 heterocycles. The molecule has 0 saturated heterocycles. The van der Waals surface area contributed by atoms with Crippen LogP contribution in [-0.2, 0) is 13.0 Å². The smallest absolute Gasteiger partial charge is 0.317 e. The van der Waals surface area contributed by atoms with Crippen molar-refractivity contribution in [2.75, 3.05) is 13.6 Å². The van der Waals surface area contributed by atoms with Gasteiger partial charge in [-0.2, -0.15) is 0 Å². The first-order chi connectivity index (χ1) is 12.1. The van der Waals surface area contributed by atoms with Gasteiger partial charge in [0, 0.05) is 13.6 Å². The maximum Gasteiger partial charge on any atom is 0.317 e. The fraction of sp³-hybridized carbons (Fsp3) is 0.211. The van der Waals surface area contributed by atoms with E-state index in [1.165, 1.54) is 10.5 Å². The van der Waals surface area contributed by atoms with Gasteiger partial charge in [-0.05, 0) is 24.1 Å². The van der Waals surface area contributed by atoms with Gasteiger partial charge in [-0.25, -0.2) is 9.78 Å². The lowest BCUT2D eigenvalue weighted by molar-refractivity contribution is 0.206. The molecule has 2 aromatic carbocycles. The molecule has 6 heteroatoms. The Morgan fingerprint density at radius 2 is 1.84 bits per heavy atom. The topological polar surface area (TPSA) is 78.1 Å². The summed E-state index contributed by atoms with van der Waals surface area (Å²) in [4.78, 5) is 32.9. The number of rotatable bonds is 5. The van der Waals surface area contributed by atoms with Crippen LogP contribution in [-0.4, -0.2) is 34.5 Å². The number of aromatic amines is 1. The first kappa shape index (κ1) is 16.7. The molecular formula is C19H20N4O2. The van der Waals surface area contributed by atoms with Crippen LogP contribution in [0.25, 0.3) is 10.9 Å². The number of aromatic nitrogens is 2. The number of carbonyl (C=O) groups is 1. The maximum atomic E-state index is 12.2. The molecule has 0 aliphatic heterocycles. The lowest BCUT2D eigenvalue weighted by atomic mass is 10.1. The first-order valence-corrected chi connectivity index (χ1v) is 8.14. The van der Waals surface area contributed by atoms with Gasteiger partial charge in [-0.15, -0.1) is 0 Å². The van der Waals surface area contributed by atoms with Crippen molar-refractivity contribution in [3.63, 3.8) is 0 Å². The Bertz CT molecular complexity index is 921. The van der Waals surface area contributed by atoms with Crippen LogP contribution in [0.1, 0.15) is 11.4 Å². The van der Waals surface area contributed by atoms with Crippen LogP contribution < -0.4 is 10.9 Å². The molecule has 2 N–H and O–H groups in total. The normalized spacial score (nSPS) is 10.6. The van der Waals surface area contributed by atoms with Gasteiger partial charge < -0.3 is 15.2 Å². The minimum Gasteiger partial charge on any atom is -0.338 e. The zero-order valence-electron chi connectivity index (χ0n) is 14.0. The maximum absolute atomic E-state index is 12.2. The van der Waals surface area contributed by atoms with Crippen molar-refractivity contribution in [2.45, 2.75) is 13.0 Å². The van der Waals surface area contributed by atoms with Crippen molar-refractivity contribution >= 4 is 16.9 Å². The Kier molecular flexibility index (Phi) is 5.09. The molecule has 0 spiro atoms. The second-order valence-corrected chi connectivity index (χ2v) is 5.85. The zero-order valence-corrected chi connectivity index (χ0v) is 14.0. The molecule has 0 aliphatic rings. The molecule has 0 aliphatic carbocycles. The highest BCUT2D eigenvalue weighted by Gasteiger charge is 2.11. The number of para-hydroxylation sites is 1. The summed E-state index contributed by atoms with van der Waals surface area (Å²) in [5.41, 5.74) is 1.60. The number of benzene rings is 2. The summed E-state index contributed by atoms with van der Waals surface area (Å²) in [6.45, 7) is 0.784. The molecule has 128 valence electrons. The molecule has 0 atom stereocenters. The molecule has 0 saturated carbocycles. The van der Waals surface area contributed by atoms with Crippen LogP contribution in [0.3, 0.4) is 0 Å². The van der Waals surface area contributed by atoms with Crippen LogP contribution >= 0.6 is 0 Å². The number of urea groups is 1. The van der Waals surface area contributed by atoms with Crippen LogP contribution in [0.4, 0.5) is 4.79 Å². The van der Waals surface area contributed by atoms with Crippen molar-refractivity contribution in [3.05, 3.63) is 76.3 Å². The van der Waals surface area contributed by atoms with E-state index in [1.807, 2.05) is 36.4 Å². The third-order valence-corrected chi connectivity index (χ3v) is 3.93. The molecule has 3 aromatic rings. The van der Waals surface area contributed by atoms with Crippen molar-refractivity contribution in [2.24, 2.45) is 0 Å². The average Bonchev–Trinajstić information content (AvgIpc) is 2.62. The molecule has 1 aromatic heterocycles. The number of nitrogens with one attached hydrogen (secondary N) is 2. The summed E-state index contributed by atoms with van der Waals surface area (Å²) in [7, 11) is 1.67. The first-order valence-electron chi connectivity index (χ1n) is 8.14. The number of hydrogen-bond acceptors (Lipinski definition) is 3. The van der Waals surface area contributed by atoms with Crippen LogP contribution in [0, 0.1) is 0 Å². The second-order valence-electron chi connectivity index (χ2n) is 5.85. The lowest BCUT2D eigenvalue weighted by Crippen LogP contribution is -2.38. The number of fused-ring (bicyclic) bond motifs is 1. The van der Waals surface area contributed by atoms with Crippen LogP contribution in [0.15, 0.2) is 59.4 Å². The summed E-state index contributed by atoms with van der Waals surface area (Å²) in [5.74, 6) is 0.462. The fourth-order valence-electron chi connectivity index (χ4n) is 2.60. The Balaban J connectivity index is 1.59. The third kappa shape index (κ3) is 4.23. The number of nitrogens with zero attached hydrogens (tertiary/aromatic N) is 2.